The smallest absolute Gasteiger partial charge is 0.242 e. The Labute approximate surface area is 166 Å². The fraction of sp³-hybridized carbons (Fsp3) is 0.364. The van der Waals surface area contributed by atoms with Crippen molar-refractivity contribution < 1.29 is 9.59 Å². The Morgan fingerprint density at radius 1 is 1.04 bits per heavy atom. The Hall–Kier alpha value is -2.33. The minimum atomic E-state index is -0.579. The molecule has 27 heavy (non-hydrogen) atoms. The first-order valence-corrected chi connectivity index (χ1v) is 9.54. The SMILES string of the molecule is Cc1ccc(CC(=O)N(Cc2cccc(Cl)c2)C(C)C(=O)NC(C)C)cc1. The molecule has 0 bridgehead atoms. The molecule has 0 radical (unpaired) electrons. The van der Waals surface area contributed by atoms with Crippen molar-refractivity contribution in [3.8, 4) is 0 Å². The third-order valence-electron chi connectivity index (χ3n) is 4.32. The topological polar surface area (TPSA) is 49.4 Å². The van der Waals surface area contributed by atoms with Crippen LogP contribution in [0.3, 0.4) is 0 Å². The standard InChI is InChI=1S/C22H27ClN2O2/c1-15(2)24-22(27)17(4)25(14-19-6-5-7-20(23)12-19)21(26)13-18-10-8-16(3)9-11-18/h5-12,15,17H,13-14H2,1-4H3,(H,24,27). The molecule has 0 aliphatic rings. The molecular weight excluding hydrogens is 360 g/mol. The quantitative estimate of drug-likeness (QED) is 0.777. The summed E-state index contributed by atoms with van der Waals surface area (Å²) in [7, 11) is 0. The van der Waals surface area contributed by atoms with Crippen LogP contribution in [0.25, 0.3) is 0 Å². The highest BCUT2D eigenvalue weighted by Crippen LogP contribution is 2.16. The Morgan fingerprint density at radius 3 is 2.30 bits per heavy atom. The number of aryl methyl sites for hydroxylation is 1. The summed E-state index contributed by atoms with van der Waals surface area (Å²) < 4.78 is 0. The van der Waals surface area contributed by atoms with E-state index in [4.69, 9.17) is 11.6 Å². The molecule has 0 saturated carbocycles. The summed E-state index contributed by atoms with van der Waals surface area (Å²) in [5, 5.41) is 3.50. The van der Waals surface area contributed by atoms with Crippen molar-refractivity contribution in [3.05, 3.63) is 70.2 Å². The third kappa shape index (κ3) is 6.40. The van der Waals surface area contributed by atoms with E-state index >= 15 is 0 Å². The van der Waals surface area contributed by atoms with Gasteiger partial charge in [0.15, 0.2) is 0 Å². The maximum absolute atomic E-state index is 13.0. The zero-order valence-electron chi connectivity index (χ0n) is 16.3. The average Bonchev–Trinajstić information content (AvgIpc) is 2.60. The average molecular weight is 387 g/mol. The maximum atomic E-state index is 13.0. The number of hydrogen-bond acceptors (Lipinski definition) is 2. The summed E-state index contributed by atoms with van der Waals surface area (Å²) in [6.07, 6.45) is 0.250. The van der Waals surface area contributed by atoms with E-state index in [0.717, 1.165) is 16.7 Å². The number of rotatable bonds is 7. The van der Waals surface area contributed by atoms with Crippen molar-refractivity contribution in [2.75, 3.05) is 0 Å². The molecule has 1 atom stereocenters. The van der Waals surface area contributed by atoms with Crippen LogP contribution in [0.4, 0.5) is 0 Å². The first kappa shape index (κ1) is 21.0. The van der Waals surface area contributed by atoms with Gasteiger partial charge in [0.2, 0.25) is 11.8 Å². The van der Waals surface area contributed by atoms with Crippen molar-refractivity contribution in [3.63, 3.8) is 0 Å². The lowest BCUT2D eigenvalue weighted by Crippen LogP contribution is -2.49. The molecule has 0 fully saturated rings. The second-order valence-electron chi connectivity index (χ2n) is 7.15. The lowest BCUT2D eigenvalue weighted by atomic mass is 10.1. The number of carbonyl (C=O) groups excluding carboxylic acids is 2. The second kappa shape index (κ2) is 9.56. The molecule has 0 heterocycles. The number of benzene rings is 2. The highest BCUT2D eigenvalue weighted by molar-refractivity contribution is 6.30. The predicted molar refractivity (Wildman–Crippen MR) is 110 cm³/mol. The minimum absolute atomic E-state index is 0.0140. The number of nitrogens with zero attached hydrogens (tertiary/aromatic N) is 1. The Kier molecular flexibility index (Phi) is 7.43. The molecule has 1 N–H and O–H groups in total. The van der Waals surface area contributed by atoms with Gasteiger partial charge in [-0.15, -0.1) is 0 Å². The van der Waals surface area contributed by atoms with E-state index in [-0.39, 0.29) is 24.3 Å². The summed E-state index contributed by atoms with van der Waals surface area (Å²) in [6.45, 7) is 7.91. The van der Waals surface area contributed by atoms with Gasteiger partial charge < -0.3 is 10.2 Å². The molecule has 4 nitrogen and oxygen atoms in total. The van der Waals surface area contributed by atoms with Crippen LogP contribution in [-0.2, 0) is 22.6 Å². The van der Waals surface area contributed by atoms with Crippen molar-refractivity contribution in [1.29, 1.82) is 0 Å². The molecule has 0 aromatic heterocycles. The Bertz CT molecular complexity index is 787. The highest BCUT2D eigenvalue weighted by atomic mass is 35.5. The fourth-order valence-corrected chi connectivity index (χ4v) is 3.01. The largest absolute Gasteiger partial charge is 0.352 e. The van der Waals surface area contributed by atoms with Gasteiger partial charge >= 0.3 is 0 Å². The van der Waals surface area contributed by atoms with Gasteiger partial charge in [0.25, 0.3) is 0 Å². The molecular formula is C22H27ClN2O2. The monoisotopic (exact) mass is 386 g/mol. The lowest BCUT2D eigenvalue weighted by Gasteiger charge is -2.29. The lowest BCUT2D eigenvalue weighted by molar-refractivity contribution is -0.140. The Morgan fingerprint density at radius 2 is 1.70 bits per heavy atom. The molecule has 2 aromatic carbocycles. The van der Waals surface area contributed by atoms with Crippen molar-refractivity contribution in [1.82, 2.24) is 10.2 Å². The fourth-order valence-electron chi connectivity index (χ4n) is 2.80. The summed E-state index contributed by atoms with van der Waals surface area (Å²) in [6, 6.07) is 14.7. The molecule has 5 heteroatoms. The number of halogens is 1. The molecule has 0 aliphatic carbocycles. The van der Waals surface area contributed by atoms with Gasteiger partial charge in [-0.25, -0.2) is 0 Å². The van der Waals surface area contributed by atoms with Crippen molar-refractivity contribution in [2.24, 2.45) is 0 Å². The van der Waals surface area contributed by atoms with Crippen LogP contribution in [-0.4, -0.2) is 28.8 Å². The highest BCUT2D eigenvalue weighted by Gasteiger charge is 2.26. The normalized spacial score (nSPS) is 11.9. The van der Waals surface area contributed by atoms with E-state index in [0.29, 0.717) is 11.6 Å². The number of nitrogens with one attached hydrogen (secondary N) is 1. The van der Waals surface area contributed by atoms with Gasteiger partial charge in [0.05, 0.1) is 6.42 Å². The first-order valence-electron chi connectivity index (χ1n) is 9.16. The van der Waals surface area contributed by atoms with E-state index < -0.39 is 6.04 Å². The van der Waals surface area contributed by atoms with Gasteiger partial charge in [0.1, 0.15) is 6.04 Å². The first-order chi connectivity index (χ1) is 12.8. The van der Waals surface area contributed by atoms with E-state index in [1.165, 1.54) is 0 Å². The van der Waals surface area contributed by atoms with E-state index in [1.54, 1.807) is 17.9 Å². The van der Waals surface area contributed by atoms with Gasteiger partial charge in [0, 0.05) is 17.6 Å². The number of hydrogen-bond donors (Lipinski definition) is 1. The van der Waals surface area contributed by atoms with Crippen LogP contribution in [0, 0.1) is 6.92 Å². The number of amides is 2. The van der Waals surface area contributed by atoms with E-state index in [2.05, 4.69) is 5.32 Å². The van der Waals surface area contributed by atoms with E-state index in [1.807, 2.05) is 63.2 Å². The van der Waals surface area contributed by atoms with Crippen LogP contribution in [0.2, 0.25) is 5.02 Å². The van der Waals surface area contributed by atoms with Crippen LogP contribution >= 0.6 is 11.6 Å². The molecule has 0 spiro atoms. The zero-order valence-corrected chi connectivity index (χ0v) is 17.1. The van der Waals surface area contributed by atoms with Gasteiger partial charge in [-0.05, 0) is 51.0 Å². The predicted octanol–water partition coefficient (Wildman–Crippen LogP) is 4.13. The van der Waals surface area contributed by atoms with Gasteiger partial charge in [-0.3, -0.25) is 9.59 Å². The molecule has 2 amide bonds. The van der Waals surface area contributed by atoms with E-state index in [9.17, 15) is 9.59 Å². The van der Waals surface area contributed by atoms with Crippen molar-refractivity contribution in [2.45, 2.75) is 52.7 Å². The van der Waals surface area contributed by atoms with Crippen LogP contribution in [0.1, 0.15) is 37.5 Å². The summed E-state index contributed by atoms with van der Waals surface area (Å²) in [4.78, 5) is 27.2. The Balaban J connectivity index is 2.22. The summed E-state index contributed by atoms with van der Waals surface area (Å²) in [5.74, 6) is -0.255. The zero-order chi connectivity index (χ0) is 20.0. The van der Waals surface area contributed by atoms with Crippen LogP contribution in [0.5, 0.6) is 0 Å². The molecule has 1 unspecified atom stereocenters. The third-order valence-corrected chi connectivity index (χ3v) is 4.55. The molecule has 0 aliphatic heterocycles. The second-order valence-corrected chi connectivity index (χ2v) is 7.59. The molecule has 144 valence electrons. The van der Waals surface area contributed by atoms with Gasteiger partial charge in [-0.1, -0.05) is 53.6 Å². The molecule has 0 saturated heterocycles. The van der Waals surface area contributed by atoms with Gasteiger partial charge in [-0.2, -0.15) is 0 Å². The van der Waals surface area contributed by atoms with Crippen molar-refractivity contribution >= 4 is 23.4 Å². The summed E-state index contributed by atoms with van der Waals surface area (Å²) in [5.41, 5.74) is 2.97. The number of carbonyl (C=O) groups is 2. The molecule has 2 rings (SSSR count). The minimum Gasteiger partial charge on any atom is -0.352 e. The van der Waals surface area contributed by atoms with Crippen LogP contribution in [0.15, 0.2) is 48.5 Å². The molecule has 2 aromatic rings. The van der Waals surface area contributed by atoms with Crippen LogP contribution < -0.4 is 5.32 Å². The maximum Gasteiger partial charge on any atom is 0.242 e. The summed E-state index contributed by atoms with van der Waals surface area (Å²) >= 11 is 6.08.